The Morgan fingerprint density at radius 2 is 2.27 bits per heavy atom. The fourth-order valence-corrected chi connectivity index (χ4v) is 1.39. The number of hydrogen-bond acceptors (Lipinski definition) is 3. The smallest absolute Gasteiger partial charge is 0.255 e. The highest BCUT2D eigenvalue weighted by molar-refractivity contribution is 9.10. The Morgan fingerprint density at radius 3 is 2.80 bits per heavy atom. The van der Waals surface area contributed by atoms with Crippen molar-refractivity contribution in [3.63, 3.8) is 0 Å². The molecule has 5 heteroatoms. The lowest BCUT2D eigenvalue weighted by Gasteiger charge is -2.11. The molecule has 0 heterocycles. The van der Waals surface area contributed by atoms with Gasteiger partial charge in [-0.05, 0) is 25.1 Å². The molecule has 0 saturated heterocycles. The standard InChI is InChI=1S/C10H12BrNO3/c1-6(5-13)12-10(15)8-3-2-7(11)4-9(8)14/h2-4,6,13-14H,5H2,1H3,(H,12,15). The Hall–Kier alpha value is -1.07. The van der Waals surface area contributed by atoms with Crippen LogP contribution < -0.4 is 5.32 Å². The minimum Gasteiger partial charge on any atom is -0.507 e. The second kappa shape index (κ2) is 5.14. The maximum Gasteiger partial charge on any atom is 0.255 e. The number of carbonyl (C=O) groups excluding carboxylic acids is 1. The molecule has 1 aromatic carbocycles. The van der Waals surface area contributed by atoms with E-state index < -0.39 is 5.91 Å². The summed E-state index contributed by atoms with van der Waals surface area (Å²) in [4.78, 5) is 11.5. The molecule has 0 saturated carbocycles. The molecule has 1 rings (SSSR count). The van der Waals surface area contributed by atoms with Gasteiger partial charge in [-0.15, -0.1) is 0 Å². The lowest BCUT2D eigenvalue weighted by molar-refractivity contribution is 0.0919. The third-order valence-electron chi connectivity index (χ3n) is 1.86. The molecule has 1 atom stereocenters. The molecule has 0 radical (unpaired) electrons. The van der Waals surface area contributed by atoms with Gasteiger partial charge in [0.15, 0.2) is 0 Å². The highest BCUT2D eigenvalue weighted by Crippen LogP contribution is 2.22. The van der Waals surface area contributed by atoms with Gasteiger partial charge >= 0.3 is 0 Å². The second-order valence-corrected chi connectivity index (χ2v) is 4.13. The second-order valence-electron chi connectivity index (χ2n) is 3.22. The van der Waals surface area contributed by atoms with E-state index in [0.29, 0.717) is 4.47 Å². The summed E-state index contributed by atoms with van der Waals surface area (Å²) in [7, 11) is 0. The van der Waals surface area contributed by atoms with Crippen LogP contribution in [0.4, 0.5) is 0 Å². The molecule has 0 fully saturated rings. The Labute approximate surface area is 96.1 Å². The van der Waals surface area contributed by atoms with Gasteiger partial charge in [-0.25, -0.2) is 0 Å². The molecule has 0 aliphatic carbocycles. The zero-order valence-electron chi connectivity index (χ0n) is 8.20. The molecule has 15 heavy (non-hydrogen) atoms. The van der Waals surface area contributed by atoms with Crippen LogP contribution in [0.5, 0.6) is 5.75 Å². The monoisotopic (exact) mass is 273 g/mol. The first-order valence-electron chi connectivity index (χ1n) is 4.45. The lowest BCUT2D eigenvalue weighted by Crippen LogP contribution is -2.34. The maximum absolute atomic E-state index is 11.5. The van der Waals surface area contributed by atoms with Gasteiger partial charge in [0.2, 0.25) is 0 Å². The number of benzene rings is 1. The van der Waals surface area contributed by atoms with Crippen molar-refractivity contribution in [2.24, 2.45) is 0 Å². The number of amides is 1. The van der Waals surface area contributed by atoms with Crippen molar-refractivity contribution in [2.75, 3.05) is 6.61 Å². The van der Waals surface area contributed by atoms with Gasteiger partial charge in [0.05, 0.1) is 12.2 Å². The number of carbonyl (C=O) groups is 1. The largest absolute Gasteiger partial charge is 0.507 e. The first-order valence-corrected chi connectivity index (χ1v) is 5.24. The predicted molar refractivity (Wildman–Crippen MR) is 59.8 cm³/mol. The highest BCUT2D eigenvalue weighted by atomic mass is 79.9. The first kappa shape index (κ1) is 12.0. The third-order valence-corrected chi connectivity index (χ3v) is 2.35. The van der Waals surface area contributed by atoms with Gasteiger partial charge < -0.3 is 15.5 Å². The molecule has 0 bridgehead atoms. The first-order chi connectivity index (χ1) is 7.04. The summed E-state index contributed by atoms with van der Waals surface area (Å²) in [5.41, 5.74) is 0.193. The molecule has 1 aromatic rings. The van der Waals surface area contributed by atoms with Gasteiger partial charge in [-0.1, -0.05) is 15.9 Å². The summed E-state index contributed by atoms with van der Waals surface area (Å²) >= 11 is 3.18. The number of aliphatic hydroxyl groups excluding tert-OH is 1. The molecule has 82 valence electrons. The number of aliphatic hydroxyl groups is 1. The molecule has 3 N–H and O–H groups in total. The number of phenolic OH excluding ortho intramolecular Hbond substituents is 1. The van der Waals surface area contributed by atoms with Crippen LogP contribution in [0, 0.1) is 0 Å². The Bertz CT molecular complexity index is 368. The molecule has 0 spiro atoms. The number of rotatable bonds is 3. The van der Waals surface area contributed by atoms with Gasteiger partial charge in [0, 0.05) is 10.5 Å². The predicted octanol–water partition coefficient (Wildman–Crippen LogP) is 1.27. The van der Waals surface area contributed by atoms with E-state index in [4.69, 9.17) is 5.11 Å². The summed E-state index contributed by atoms with van der Waals surface area (Å²) in [6.07, 6.45) is 0. The van der Waals surface area contributed by atoms with E-state index in [1.165, 1.54) is 12.1 Å². The zero-order valence-corrected chi connectivity index (χ0v) is 9.78. The quantitative estimate of drug-likeness (QED) is 0.777. The number of phenols is 1. The average Bonchev–Trinajstić information content (AvgIpc) is 2.17. The molecular weight excluding hydrogens is 262 g/mol. The molecule has 1 amide bonds. The summed E-state index contributed by atoms with van der Waals surface area (Å²) in [6.45, 7) is 1.54. The van der Waals surface area contributed by atoms with Gasteiger partial charge in [-0.2, -0.15) is 0 Å². The molecule has 0 aliphatic heterocycles. The number of hydrogen-bond donors (Lipinski definition) is 3. The lowest BCUT2D eigenvalue weighted by atomic mass is 10.2. The number of halogens is 1. The van der Waals surface area contributed by atoms with Crippen LogP contribution in [0.15, 0.2) is 22.7 Å². The Morgan fingerprint density at radius 1 is 1.60 bits per heavy atom. The molecule has 1 unspecified atom stereocenters. The normalized spacial score (nSPS) is 12.2. The van der Waals surface area contributed by atoms with E-state index in [9.17, 15) is 9.90 Å². The van der Waals surface area contributed by atoms with Crippen LogP contribution in [0.1, 0.15) is 17.3 Å². The van der Waals surface area contributed by atoms with Crippen molar-refractivity contribution in [2.45, 2.75) is 13.0 Å². The average molecular weight is 274 g/mol. The Balaban J connectivity index is 2.82. The minimum absolute atomic E-state index is 0.0907. The van der Waals surface area contributed by atoms with Crippen molar-refractivity contribution in [1.82, 2.24) is 5.32 Å². The van der Waals surface area contributed by atoms with Crippen LogP contribution in [-0.4, -0.2) is 28.8 Å². The van der Waals surface area contributed by atoms with Crippen molar-refractivity contribution in [1.29, 1.82) is 0 Å². The van der Waals surface area contributed by atoms with Crippen molar-refractivity contribution in [3.8, 4) is 5.75 Å². The van der Waals surface area contributed by atoms with Crippen LogP contribution in [0.2, 0.25) is 0 Å². The van der Waals surface area contributed by atoms with E-state index in [1.54, 1.807) is 13.0 Å². The summed E-state index contributed by atoms with van der Waals surface area (Å²) in [6, 6.07) is 4.29. The molecule has 0 aromatic heterocycles. The molecular formula is C10H12BrNO3. The maximum atomic E-state index is 11.5. The van der Waals surface area contributed by atoms with Crippen LogP contribution in [0.25, 0.3) is 0 Å². The van der Waals surface area contributed by atoms with Crippen molar-refractivity contribution >= 4 is 21.8 Å². The van der Waals surface area contributed by atoms with Crippen LogP contribution >= 0.6 is 15.9 Å². The minimum atomic E-state index is -0.401. The van der Waals surface area contributed by atoms with E-state index in [1.807, 2.05) is 0 Å². The van der Waals surface area contributed by atoms with E-state index in [-0.39, 0.29) is 24.0 Å². The number of nitrogens with one attached hydrogen (secondary N) is 1. The topological polar surface area (TPSA) is 69.6 Å². The van der Waals surface area contributed by atoms with Crippen molar-refractivity contribution in [3.05, 3.63) is 28.2 Å². The molecule has 0 aliphatic rings. The fourth-order valence-electron chi connectivity index (χ4n) is 1.04. The number of aromatic hydroxyl groups is 1. The van der Waals surface area contributed by atoms with E-state index in [2.05, 4.69) is 21.2 Å². The third kappa shape index (κ3) is 3.21. The fraction of sp³-hybridized carbons (Fsp3) is 0.300. The van der Waals surface area contributed by atoms with Crippen LogP contribution in [-0.2, 0) is 0 Å². The van der Waals surface area contributed by atoms with Gasteiger partial charge in [0.1, 0.15) is 5.75 Å². The zero-order chi connectivity index (χ0) is 11.4. The Kier molecular flexibility index (Phi) is 4.11. The van der Waals surface area contributed by atoms with Crippen LogP contribution in [0.3, 0.4) is 0 Å². The van der Waals surface area contributed by atoms with E-state index in [0.717, 1.165) is 0 Å². The SMILES string of the molecule is CC(CO)NC(=O)c1ccc(Br)cc1O. The summed E-state index contributed by atoms with van der Waals surface area (Å²) in [5.74, 6) is -0.492. The van der Waals surface area contributed by atoms with Crippen molar-refractivity contribution < 1.29 is 15.0 Å². The van der Waals surface area contributed by atoms with Gasteiger partial charge in [-0.3, -0.25) is 4.79 Å². The summed E-state index contributed by atoms with van der Waals surface area (Å²) in [5, 5.41) is 20.8. The molecule has 4 nitrogen and oxygen atoms in total. The highest BCUT2D eigenvalue weighted by Gasteiger charge is 2.12. The van der Waals surface area contributed by atoms with Gasteiger partial charge in [0.25, 0.3) is 5.91 Å². The van der Waals surface area contributed by atoms with E-state index >= 15 is 0 Å². The summed E-state index contributed by atoms with van der Waals surface area (Å²) < 4.78 is 0.701.